The van der Waals surface area contributed by atoms with E-state index in [0.717, 1.165) is 56.6 Å². The van der Waals surface area contributed by atoms with Crippen molar-refractivity contribution >= 4 is 13.7 Å². The maximum atomic E-state index is 5.95. The monoisotopic (exact) mass is 380 g/mol. The molecule has 1 aliphatic heterocycles. The van der Waals surface area contributed by atoms with E-state index in [1.165, 1.54) is 12.8 Å². The SMILES string of the molecule is C[Si]1(c2ccccc2)OOC2(CCCCC2)OOC2(CCCCC2)OO1. The molecule has 1 aromatic rings. The Balaban J connectivity index is 1.63. The maximum Gasteiger partial charge on any atom is 0.437 e. The molecule has 2 aliphatic carbocycles. The summed E-state index contributed by atoms with van der Waals surface area (Å²) in [6, 6.07) is 9.87. The first kappa shape index (κ1) is 18.6. The number of hydrogen-bond acceptors (Lipinski definition) is 6. The highest BCUT2D eigenvalue weighted by Gasteiger charge is 2.50. The Hall–Kier alpha value is -0.803. The van der Waals surface area contributed by atoms with Crippen LogP contribution in [-0.2, 0) is 28.7 Å². The van der Waals surface area contributed by atoms with Gasteiger partial charge in [-0.1, -0.05) is 43.2 Å². The second kappa shape index (κ2) is 7.67. The zero-order valence-corrected chi connectivity index (χ0v) is 16.4. The quantitative estimate of drug-likeness (QED) is 0.539. The lowest BCUT2D eigenvalue weighted by atomic mass is 9.94. The normalized spacial score (nSPS) is 31.9. The molecule has 0 unspecified atom stereocenters. The average molecular weight is 381 g/mol. The summed E-state index contributed by atoms with van der Waals surface area (Å²) in [7, 11) is -2.95. The molecule has 144 valence electrons. The van der Waals surface area contributed by atoms with E-state index >= 15 is 0 Å². The second-order valence-corrected chi connectivity index (χ2v) is 10.6. The van der Waals surface area contributed by atoms with Crippen LogP contribution in [0.15, 0.2) is 30.3 Å². The smallest absolute Gasteiger partial charge is 0.240 e. The molecule has 0 aromatic heterocycles. The van der Waals surface area contributed by atoms with Crippen molar-refractivity contribution in [3.8, 4) is 0 Å². The molecule has 0 atom stereocenters. The molecule has 1 heterocycles. The van der Waals surface area contributed by atoms with Gasteiger partial charge in [0.2, 0.25) is 11.6 Å². The van der Waals surface area contributed by atoms with E-state index in [2.05, 4.69) is 0 Å². The van der Waals surface area contributed by atoms with Gasteiger partial charge >= 0.3 is 8.56 Å². The zero-order valence-electron chi connectivity index (χ0n) is 15.4. The molecule has 2 saturated carbocycles. The fourth-order valence-electron chi connectivity index (χ4n) is 3.86. The molecule has 4 rings (SSSR count). The molecule has 7 heteroatoms. The van der Waals surface area contributed by atoms with Crippen molar-refractivity contribution < 1.29 is 28.7 Å². The van der Waals surface area contributed by atoms with E-state index in [1.54, 1.807) is 0 Å². The first-order valence-electron chi connectivity index (χ1n) is 9.80. The molecule has 3 fully saturated rings. The fraction of sp³-hybridized carbons (Fsp3) is 0.684. The highest BCUT2D eigenvalue weighted by atomic mass is 28.4. The summed E-state index contributed by atoms with van der Waals surface area (Å²) in [5.74, 6) is -1.77. The van der Waals surface area contributed by atoms with Gasteiger partial charge in [-0.25, -0.2) is 18.9 Å². The Morgan fingerprint density at radius 1 is 0.654 bits per heavy atom. The van der Waals surface area contributed by atoms with Crippen molar-refractivity contribution in [3.05, 3.63) is 30.3 Å². The summed E-state index contributed by atoms with van der Waals surface area (Å²) in [6.07, 6.45) is 9.36. The van der Waals surface area contributed by atoms with E-state index in [4.69, 9.17) is 28.7 Å². The first-order chi connectivity index (χ1) is 12.6. The second-order valence-electron chi connectivity index (χ2n) is 7.75. The van der Waals surface area contributed by atoms with Gasteiger partial charge in [-0.05, 0) is 37.4 Å². The van der Waals surface area contributed by atoms with E-state index in [1.807, 2.05) is 36.9 Å². The molecular weight excluding hydrogens is 352 g/mol. The van der Waals surface area contributed by atoms with Crippen molar-refractivity contribution in [1.29, 1.82) is 0 Å². The minimum absolute atomic E-state index is 0.738. The molecular formula is C19H28O6Si. The molecule has 0 bridgehead atoms. The summed E-state index contributed by atoms with van der Waals surface area (Å²) < 4.78 is 11.9. The van der Waals surface area contributed by atoms with Crippen LogP contribution in [-0.4, -0.2) is 20.1 Å². The summed E-state index contributed by atoms with van der Waals surface area (Å²) in [4.78, 5) is 23.6. The fourth-order valence-corrected chi connectivity index (χ4v) is 5.50. The van der Waals surface area contributed by atoms with Crippen LogP contribution in [0.1, 0.15) is 64.2 Å². The van der Waals surface area contributed by atoms with Crippen molar-refractivity contribution in [3.63, 3.8) is 0 Å². The summed E-state index contributed by atoms with van der Waals surface area (Å²) in [5, 5.41) is 0.943. The van der Waals surface area contributed by atoms with Crippen LogP contribution >= 0.6 is 0 Å². The third-order valence-electron chi connectivity index (χ3n) is 5.58. The van der Waals surface area contributed by atoms with E-state index in [9.17, 15) is 0 Å². The van der Waals surface area contributed by atoms with Gasteiger partial charge in [0, 0.05) is 25.7 Å². The van der Waals surface area contributed by atoms with Crippen molar-refractivity contribution in [1.82, 2.24) is 0 Å². The van der Waals surface area contributed by atoms with Gasteiger partial charge in [0.15, 0.2) is 0 Å². The summed E-state index contributed by atoms with van der Waals surface area (Å²) in [6.45, 7) is 1.93. The lowest BCUT2D eigenvalue weighted by Gasteiger charge is -2.37. The zero-order chi connectivity index (χ0) is 17.9. The van der Waals surface area contributed by atoms with Crippen LogP contribution in [0.2, 0.25) is 6.55 Å². The molecule has 1 saturated heterocycles. The predicted octanol–water partition coefficient (Wildman–Crippen LogP) is 4.14. The third-order valence-corrected chi connectivity index (χ3v) is 7.76. The van der Waals surface area contributed by atoms with Crippen LogP contribution in [0.3, 0.4) is 0 Å². The molecule has 0 N–H and O–H groups in total. The minimum atomic E-state index is -2.95. The Labute approximate surface area is 155 Å². The predicted molar refractivity (Wildman–Crippen MR) is 95.8 cm³/mol. The molecule has 1 aromatic carbocycles. The van der Waals surface area contributed by atoms with Gasteiger partial charge < -0.3 is 0 Å². The molecule has 0 amide bonds. The van der Waals surface area contributed by atoms with Crippen LogP contribution < -0.4 is 5.19 Å². The van der Waals surface area contributed by atoms with Gasteiger partial charge in [0.1, 0.15) is 0 Å². The third kappa shape index (κ3) is 3.89. The van der Waals surface area contributed by atoms with Crippen molar-refractivity contribution in [2.45, 2.75) is 82.3 Å². The molecule has 2 spiro atoms. The minimum Gasteiger partial charge on any atom is -0.240 e. The molecule has 0 radical (unpaired) electrons. The molecule has 26 heavy (non-hydrogen) atoms. The maximum absolute atomic E-state index is 5.95. The Morgan fingerprint density at radius 3 is 1.58 bits per heavy atom. The van der Waals surface area contributed by atoms with Crippen molar-refractivity contribution in [2.75, 3.05) is 0 Å². The summed E-state index contributed by atoms with van der Waals surface area (Å²) in [5.41, 5.74) is 0. The summed E-state index contributed by atoms with van der Waals surface area (Å²) >= 11 is 0. The van der Waals surface area contributed by atoms with Gasteiger partial charge in [-0.3, -0.25) is 0 Å². The lowest BCUT2D eigenvalue weighted by molar-refractivity contribution is -0.555. The van der Waals surface area contributed by atoms with Crippen LogP contribution in [0.4, 0.5) is 0 Å². The topological polar surface area (TPSA) is 55.4 Å². The number of rotatable bonds is 1. The van der Waals surface area contributed by atoms with E-state index < -0.39 is 20.1 Å². The van der Waals surface area contributed by atoms with E-state index in [0.29, 0.717) is 0 Å². The average Bonchev–Trinajstić information content (AvgIpc) is 2.76. The standard InChI is InChI=1S/C19H28O6Si/c1-26(17-11-5-2-6-12-17)24-22-18(13-7-3-8-14-18)20-21-19(23-25-26)15-9-4-10-16-19/h2,5-6,11-12H,3-4,7-10,13-16H2,1H3. The van der Waals surface area contributed by atoms with Crippen LogP contribution in [0, 0.1) is 0 Å². The Kier molecular flexibility index (Phi) is 5.47. The van der Waals surface area contributed by atoms with E-state index in [-0.39, 0.29) is 0 Å². The highest BCUT2D eigenvalue weighted by Crippen LogP contribution is 2.40. The first-order valence-corrected chi connectivity index (χ1v) is 12.1. The number of hydrogen-bond donors (Lipinski definition) is 0. The van der Waals surface area contributed by atoms with Gasteiger partial charge in [0.05, 0.1) is 0 Å². The molecule has 6 nitrogen and oxygen atoms in total. The Bertz CT molecular complexity index is 553. The lowest BCUT2D eigenvalue weighted by Crippen LogP contribution is -2.53. The van der Waals surface area contributed by atoms with Crippen LogP contribution in [0.5, 0.6) is 0 Å². The van der Waals surface area contributed by atoms with Gasteiger partial charge in [0.25, 0.3) is 0 Å². The van der Waals surface area contributed by atoms with Crippen LogP contribution in [0.25, 0.3) is 0 Å². The van der Waals surface area contributed by atoms with Crippen molar-refractivity contribution in [2.24, 2.45) is 0 Å². The van der Waals surface area contributed by atoms with Gasteiger partial charge in [-0.15, -0.1) is 0 Å². The van der Waals surface area contributed by atoms with Gasteiger partial charge in [-0.2, -0.15) is 9.78 Å². The largest absolute Gasteiger partial charge is 0.437 e. The Morgan fingerprint density at radius 2 is 1.12 bits per heavy atom. The molecule has 3 aliphatic rings. The highest BCUT2D eigenvalue weighted by molar-refractivity contribution is 6.79. The number of benzene rings is 1.